The van der Waals surface area contributed by atoms with E-state index in [1.54, 1.807) is 17.3 Å². The molecular weight excluding hydrogens is 356 g/mol. The first kappa shape index (κ1) is 18.2. The number of hydrogen-bond acceptors (Lipinski definition) is 5. The summed E-state index contributed by atoms with van der Waals surface area (Å²) < 4.78 is 2.00. The van der Waals surface area contributed by atoms with Crippen molar-refractivity contribution in [1.29, 1.82) is 0 Å². The van der Waals surface area contributed by atoms with Crippen molar-refractivity contribution in [3.05, 3.63) is 52.7 Å². The lowest BCUT2D eigenvalue weighted by Crippen LogP contribution is -2.44. The van der Waals surface area contributed by atoms with E-state index in [4.69, 9.17) is 0 Å². The number of aryl methyl sites for hydroxylation is 1. The highest BCUT2D eigenvalue weighted by atomic mass is 16.1. The molecule has 0 aliphatic heterocycles. The second kappa shape index (κ2) is 7.46. The summed E-state index contributed by atoms with van der Waals surface area (Å²) >= 11 is 0. The number of benzene rings is 1. The van der Waals surface area contributed by atoms with Crippen molar-refractivity contribution in [2.45, 2.75) is 37.8 Å². The van der Waals surface area contributed by atoms with Crippen LogP contribution in [0, 0.1) is 0 Å². The number of H-pyrrole nitrogens is 1. The molecule has 0 unspecified atom stereocenters. The minimum Gasteiger partial charge on any atom is -0.353 e. The van der Waals surface area contributed by atoms with Gasteiger partial charge in [-0.15, -0.1) is 0 Å². The molecule has 3 aromatic rings. The molecule has 0 atom stereocenters. The zero-order chi connectivity index (χ0) is 19.7. The van der Waals surface area contributed by atoms with Gasteiger partial charge in [-0.2, -0.15) is 0 Å². The van der Waals surface area contributed by atoms with Crippen molar-refractivity contribution in [3.63, 3.8) is 0 Å². The number of carbonyl (C=O) groups excluding carboxylic acids is 1. The molecule has 1 aliphatic carbocycles. The molecule has 2 N–H and O–H groups in total. The molecule has 28 heavy (non-hydrogen) atoms. The Balaban J connectivity index is 1.29. The normalized spacial score (nSPS) is 18.6. The number of imidazole rings is 1. The molecular formula is C20H24N6O2. The van der Waals surface area contributed by atoms with Gasteiger partial charge >= 0.3 is 0 Å². The van der Waals surface area contributed by atoms with Crippen LogP contribution in [0.1, 0.15) is 30.9 Å². The van der Waals surface area contributed by atoms with E-state index in [1.807, 2.05) is 42.9 Å². The maximum atomic E-state index is 12.3. The molecule has 2 aromatic heterocycles. The first-order chi connectivity index (χ1) is 13.5. The number of para-hydroxylation sites is 2. The molecule has 1 fully saturated rings. The first-order valence-corrected chi connectivity index (χ1v) is 9.47. The van der Waals surface area contributed by atoms with Crippen LogP contribution >= 0.6 is 0 Å². The Labute approximate surface area is 162 Å². The van der Waals surface area contributed by atoms with Crippen LogP contribution in [-0.2, 0) is 11.3 Å². The highest BCUT2D eigenvalue weighted by molar-refractivity contribution is 5.77. The zero-order valence-electron chi connectivity index (χ0n) is 16.1. The Kier molecular flexibility index (Phi) is 4.85. The summed E-state index contributed by atoms with van der Waals surface area (Å²) in [6.07, 6.45) is 3.81. The van der Waals surface area contributed by atoms with E-state index in [-0.39, 0.29) is 23.4 Å². The Hall–Kier alpha value is -3.16. The fourth-order valence-corrected chi connectivity index (χ4v) is 3.57. The molecule has 1 amide bonds. The van der Waals surface area contributed by atoms with Gasteiger partial charge in [-0.1, -0.05) is 12.1 Å². The first-order valence-electron chi connectivity index (χ1n) is 9.47. The van der Waals surface area contributed by atoms with Gasteiger partial charge in [0.2, 0.25) is 11.9 Å². The van der Waals surface area contributed by atoms with E-state index in [2.05, 4.69) is 20.3 Å². The monoisotopic (exact) mass is 380 g/mol. The maximum Gasteiger partial charge on any atom is 0.252 e. The van der Waals surface area contributed by atoms with Crippen molar-refractivity contribution >= 4 is 22.9 Å². The summed E-state index contributed by atoms with van der Waals surface area (Å²) in [6, 6.07) is 9.59. The van der Waals surface area contributed by atoms with Crippen molar-refractivity contribution in [1.82, 2.24) is 24.8 Å². The third-order valence-corrected chi connectivity index (χ3v) is 5.20. The van der Waals surface area contributed by atoms with Crippen molar-refractivity contribution in [3.8, 4) is 0 Å². The van der Waals surface area contributed by atoms with Crippen LogP contribution in [0.2, 0.25) is 0 Å². The fraction of sp³-hybridized carbons (Fsp3) is 0.400. The van der Waals surface area contributed by atoms with Gasteiger partial charge in [-0.05, 0) is 25.0 Å². The molecule has 1 aliphatic rings. The van der Waals surface area contributed by atoms with Gasteiger partial charge in [-0.25, -0.2) is 9.97 Å². The number of aromatic amines is 1. The lowest BCUT2D eigenvalue weighted by Gasteiger charge is -2.35. The molecule has 1 aromatic carbocycles. The number of amides is 1. The predicted octanol–water partition coefficient (Wildman–Crippen LogP) is 1.64. The van der Waals surface area contributed by atoms with Crippen LogP contribution in [0.5, 0.6) is 0 Å². The molecule has 4 rings (SSSR count). The summed E-state index contributed by atoms with van der Waals surface area (Å²) in [5.74, 6) is 0.806. The van der Waals surface area contributed by atoms with E-state index in [0.29, 0.717) is 18.9 Å². The standard InChI is InChI=1S/C20H24N6O2/c1-25(2)20-23-16(11-19(28)24-20)13-9-14(10-13)22-18(27)7-8-26-12-21-15-5-3-4-6-17(15)26/h3-6,11-14H,7-10H2,1-2H3,(H,22,27)(H,23,24,28). The quantitative estimate of drug-likeness (QED) is 0.678. The maximum absolute atomic E-state index is 12.3. The molecule has 146 valence electrons. The highest BCUT2D eigenvalue weighted by Crippen LogP contribution is 2.35. The Morgan fingerprint density at radius 1 is 1.32 bits per heavy atom. The third kappa shape index (κ3) is 3.76. The Morgan fingerprint density at radius 3 is 2.89 bits per heavy atom. The van der Waals surface area contributed by atoms with E-state index in [0.717, 1.165) is 29.6 Å². The molecule has 8 heteroatoms. The summed E-state index contributed by atoms with van der Waals surface area (Å²) in [5.41, 5.74) is 2.62. The average molecular weight is 380 g/mol. The molecule has 0 bridgehead atoms. The third-order valence-electron chi connectivity index (χ3n) is 5.20. The molecule has 1 saturated carbocycles. The number of rotatable bonds is 6. The summed E-state index contributed by atoms with van der Waals surface area (Å²) in [5, 5.41) is 3.08. The number of hydrogen-bond donors (Lipinski definition) is 2. The van der Waals surface area contributed by atoms with Gasteiger partial charge in [0.05, 0.1) is 23.1 Å². The highest BCUT2D eigenvalue weighted by Gasteiger charge is 2.32. The second-order valence-electron chi connectivity index (χ2n) is 7.50. The van der Waals surface area contributed by atoms with Crippen LogP contribution in [0.25, 0.3) is 11.0 Å². The van der Waals surface area contributed by atoms with Crippen molar-refractivity contribution < 1.29 is 4.79 Å². The summed E-state index contributed by atoms with van der Waals surface area (Å²) in [6.45, 7) is 0.601. The molecule has 8 nitrogen and oxygen atoms in total. The Morgan fingerprint density at radius 2 is 2.11 bits per heavy atom. The van der Waals surface area contributed by atoms with Crippen LogP contribution in [0.4, 0.5) is 5.95 Å². The molecule has 0 saturated heterocycles. The molecule has 2 heterocycles. The minimum atomic E-state index is -0.145. The van der Waals surface area contributed by atoms with Crippen LogP contribution in [0.15, 0.2) is 41.5 Å². The van der Waals surface area contributed by atoms with Gasteiger partial charge < -0.3 is 14.8 Å². The minimum absolute atomic E-state index is 0.0362. The van der Waals surface area contributed by atoms with E-state index in [1.165, 1.54) is 0 Å². The summed E-state index contributed by atoms with van der Waals surface area (Å²) in [4.78, 5) is 37.5. The number of nitrogens with one attached hydrogen (secondary N) is 2. The van der Waals surface area contributed by atoms with Crippen molar-refractivity contribution in [2.75, 3.05) is 19.0 Å². The largest absolute Gasteiger partial charge is 0.353 e. The Bertz CT molecular complexity index is 1050. The van der Waals surface area contributed by atoms with E-state index in [9.17, 15) is 9.59 Å². The van der Waals surface area contributed by atoms with Gasteiger partial charge in [0.15, 0.2) is 0 Å². The van der Waals surface area contributed by atoms with Crippen LogP contribution in [-0.4, -0.2) is 45.6 Å². The topological polar surface area (TPSA) is 95.9 Å². The number of anilines is 1. The molecule has 0 radical (unpaired) electrons. The number of aromatic nitrogens is 4. The second-order valence-corrected chi connectivity index (χ2v) is 7.50. The smallest absolute Gasteiger partial charge is 0.252 e. The summed E-state index contributed by atoms with van der Waals surface area (Å²) in [7, 11) is 3.69. The van der Waals surface area contributed by atoms with Gasteiger partial charge in [0, 0.05) is 45.1 Å². The van der Waals surface area contributed by atoms with Gasteiger partial charge in [-0.3, -0.25) is 14.6 Å². The predicted molar refractivity (Wildman–Crippen MR) is 107 cm³/mol. The number of nitrogens with zero attached hydrogens (tertiary/aromatic N) is 4. The lowest BCUT2D eigenvalue weighted by atomic mass is 9.78. The lowest BCUT2D eigenvalue weighted by molar-refractivity contribution is -0.122. The van der Waals surface area contributed by atoms with Crippen molar-refractivity contribution in [2.24, 2.45) is 0 Å². The van der Waals surface area contributed by atoms with Crippen LogP contribution in [0.3, 0.4) is 0 Å². The number of carbonyl (C=O) groups is 1. The number of fused-ring (bicyclic) bond motifs is 1. The SMILES string of the molecule is CN(C)c1nc(C2CC(NC(=O)CCn3cnc4ccccc43)C2)cc(=O)[nH]1. The zero-order valence-corrected chi connectivity index (χ0v) is 16.1. The fourth-order valence-electron chi connectivity index (χ4n) is 3.57. The van der Waals surface area contributed by atoms with E-state index >= 15 is 0 Å². The van der Waals surface area contributed by atoms with Gasteiger partial charge in [0.25, 0.3) is 5.56 Å². The van der Waals surface area contributed by atoms with Crippen LogP contribution < -0.4 is 15.8 Å². The average Bonchev–Trinajstić information content (AvgIpc) is 3.05. The molecule has 0 spiro atoms. The van der Waals surface area contributed by atoms with E-state index < -0.39 is 0 Å². The van der Waals surface area contributed by atoms with Gasteiger partial charge in [0.1, 0.15) is 0 Å².